The Morgan fingerprint density at radius 3 is 2.33 bits per heavy atom. The van der Waals surface area contributed by atoms with Crippen molar-refractivity contribution in [1.29, 1.82) is 0 Å². The highest BCUT2D eigenvalue weighted by molar-refractivity contribution is 7.89. The number of aromatic hydroxyl groups is 1. The van der Waals surface area contributed by atoms with Crippen LogP contribution in [0.5, 0.6) is 5.88 Å². The molecule has 0 saturated heterocycles. The Morgan fingerprint density at radius 2 is 1.69 bits per heavy atom. The van der Waals surface area contributed by atoms with Gasteiger partial charge >= 0.3 is 0 Å². The van der Waals surface area contributed by atoms with Gasteiger partial charge in [-0.3, -0.25) is 4.90 Å². The number of nitrogens with one attached hydrogen (secondary N) is 1. The van der Waals surface area contributed by atoms with Crippen molar-refractivity contribution in [2.24, 2.45) is 4.99 Å². The third kappa shape index (κ3) is 6.41. The van der Waals surface area contributed by atoms with Crippen LogP contribution in [0.2, 0.25) is 0 Å². The molecule has 0 unspecified atom stereocenters. The SMILES string of the molecule is CCCCN(C)S(=O)(=O)c1ccc2[nH]c(O)c(C(=Nc3ccc(CN(C)C(C)C)cc3)c3ccccc3)c2c1. The lowest BCUT2D eigenvalue weighted by atomic mass is 10.0. The lowest BCUT2D eigenvalue weighted by molar-refractivity contribution is 0.266. The number of aromatic nitrogens is 1. The molecule has 206 valence electrons. The number of aliphatic imine (C=N–C) groups is 1. The van der Waals surface area contributed by atoms with E-state index in [9.17, 15) is 13.5 Å². The van der Waals surface area contributed by atoms with Gasteiger partial charge in [-0.15, -0.1) is 0 Å². The summed E-state index contributed by atoms with van der Waals surface area (Å²) in [6.07, 6.45) is 1.69. The molecule has 39 heavy (non-hydrogen) atoms. The first-order valence-corrected chi connectivity index (χ1v) is 14.8. The van der Waals surface area contributed by atoms with Gasteiger partial charge < -0.3 is 10.1 Å². The summed E-state index contributed by atoms with van der Waals surface area (Å²) in [5.74, 6) is -0.0586. The minimum atomic E-state index is -3.69. The van der Waals surface area contributed by atoms with E-state index in [1.165, 1.54) is 9.87 Å². The van der Waals surface area contributed by atoms with Crippen LogP contribution in [0, 0.1) is 0 Å². The fourth-order valence-electron chi connectivity index (χ4n) is 4.37. The topological polar surface area (TPSA) is 89.0 Å². The van der Waals surface area contributed by atoms with Crippen molar-refractivity contribution in [2.75, 3.05) is 20.6 Å². The molecule has 0 aliphatic heterocycles. The number of rotatable bonds is 11. The molecule has 3 aromatic carbocycles. The van der Waals surface area contributed by atoms with E-state index in [2.05, 4.69) is 42.9 Å². The molecule has 0 aliphatic carbocycles. The van der Waals surface area contributed by atoms with Gasteiger partial charge in [0.1, 0.15) is 0 Å². The summed E-state index contributed by atoms with van der Waals surface area (Å²) in [6.45, 7) is 7.64. The van der Waals surface area contributed by atoms with E-state index in [0.29, 0.717) is 34.8 Å². The largest absolute Gasteiger partial charge is 0.494 e. The van der Waals surface area contributed by atoms with E-state index in [0.717, 1.165) is 30.6 Å². The van der Waals surface area contributed by atoms with E-state index in [-0.39, 0.29) is 10.8 Å². The lowest BCUT2D eigenvalue weighted by Gasteiger charge is -2.20. The second-order valence-corrected chi connectivity index (χ2v) is 12.3. The van der Waals surface area contributed by atoms with Gasteiger partial charge in [0.2, 0.25) is 10.0 Å². The second-order valence-electron chi connectivity index (χ2n) is 10.2. The fraction of sp³-hybridized carbons (Fsp3) is 0.323. The second kappa shape index (κ2) is 12.2. The summed E-state index contributed by atoms with van der Waals surface area (Å²) in [4.78, 5) is 10.4. The van der Waals surface area contributed by atoms with Crippen molar-refractivity contribution in [3.8, 4) is 5.88 Å². The van der Waals surface area contributed by atoms with Crippen molar-refractivity contribution < 1.29 is 13.5 Å². The summed E-state index contributed by atoms with van der Waals surface area (Å²) in [5, 5.41) is 11.6. The molecular weight excluding hydrogens is 508 g/mol. The first-order chi connectivity index (χ1) is 18.6. The third-order valence-electron chi connectivity index (χ3n) is 7.06. The highest BCUT2D eigenvalue weighted by Crippen LogP contribution is 2.33. The van der Waals surface area contributed by atoms with Gasteiger partial charge in [-0.1, -0.05) is 55.8 Å². The van der Waals surface area contributed by atoms with Crippen LogP contribution < -0.4 is 0 Å². The number of hydrogen-bond acceptors (Lipinski definition) is 5. The number of sulfonamides is 1. The Morgan fingerprint density at radius 1 is 1.00 bits per heavy atom. The quantitative estimate of drug-likeness (QED) is 0.216. The molecule has 0 amide bonds. The number of H-pyrrole nitrogens is 1. The molecule has 4 aromatic rings. The van der Waals surface area contributed by atoms with Gasteiger partial charge in [0.25, 0.3) is 0 Å². The zero-order valence-corrected chi connectivity index (χ0v) is 24.2. The molecule has 0 atom stereocenters. The van der Waals surface area contributed by atoms with Crippen molar-refractivity contribution >= 4 is 32.3 Å². The molecule has 0 radical (unpaired) electrons. The summed E-state index contributed by atoms with van der Waals surface area (Å²) < 4.78 is 28.0. The number of unbranched alkanes of at least 4 members (excludes halogenated alkanes) is 1. The van der Waals surface area contributed by atoms with Gasteiger partial charge in [0, 0.05) is 42.6 Å². The van der Waals surface area contributed by atoms with E-state index in [1.807, 2.05) is 49.4 Å². The van der Waals surface area contributed by atoms with Crippen LogP contribution in [0.3, 0.4) is 0 Å². The predicted octanol–water partition coefficient (Wildman–Crippen LogP) is 6.30. The van der Waals surface area contributed by atoms with Crippen molar-refractivity contribution in [3.05, 3.63) is 89.5 Å². The number of hydrogen-bond donors (Lipinski definition) is 2. The Labute approximate surface area is 231 Å². The maximum atomic E-state index is 13.3. The molecule has 0 bridgehead atoms. The summed E-state index contributed by atoms with van der Waals surface area (Å²) in [6, 6.07) is 23.0. The van der Waals surface area contributed by atoms with Crippen LogP contribution in [0.15, 0.2) is 82.7 Å². The van der Waals surface area contributed by atoms with Gasteiger partial charge in [-0.25, -0.2) is 17.7 Å². The molecule has 7 nitrogen and oxygen atoms in total. The van der Waals surface area contributed by atoms with E-state index >= 15 is 0 Å². The lowest BCUT2D eigenvalue weighted by Crippen LogP contribution is -2.27. The van der Waals surface area contributed by atoms with Crippen LogP contribution in [-0.2, 0) is 16.6 Å². The maximum Gasteiger partial charge on any atom is 0.242 e. The van der Waals surface area contributed by atoms with E-state index in [4.69, 9.17) is 4.99 Å². The summed E-state index contributed by atoms with van der Waals surface area (Å²) in [5.41, 5.74) is 4.39. The molecule has 0 aliphatic rings. The van der Waals surface area contributed by atoms with E-state index < -0.39 is 10.0 Å². The molecule has 1 aromatic heterocycles. The minimum Gasteiger partial charge on any atom is -0.494 e. The van der Waals surface area contributed by atoms with Crippen LogP contribution >= 0.6 is 0 Å². The predicted molar refractivity (Wildman–Crippen MR) is 159 cm³/mol. The molecular formula is C31H38N4O3S. The Bertz CT molecular complexity index is 1540. The van der Waals surface area contributed by atoms with Crippen molar-refractivity contribution in [1.82, 2.24) is 14.2 Å². The average Bonchev–Trinajstić information content (AvgIpc) is 3.26. The van der Waals surface area contributed by atoms with Gasteiger partial charge in [-0.2, -0.15) is 0 Å². The number of aromatic amines is 1. The van der Waals surface area contributed by atoms with Crippen molar-refractivity contribution in [3.63, 3.8) is 0 Å². The summed E-state index contributed by atoms with van der Waals surface area (Å²) >= 11 is 0. The van der Waals surface area contributed by atoms with Crippen LogP contribution in [0.25, 0.3) is 10.9 Å². The number of fused-ring (bicyclic) bond motifs is 1. The Balaban J connectivity index is 1.82. The third-order valence-corrected chi connectivity index (χ3v) is 8.91. The molecule has 0 fully saturated rings. The average molecular weight is 547 g/mol. The number of benzene rings is 3. The van der Waals surface area contributed by atoms with Crippen molar-refractivity contribution in [2.45, 2.75) is 51.1 Å². The zero-order chi connectivity index (χ0) is 28.2. The van der Waals surface area contributed by atoms with Gasteiger partial charge in [0.15, 0.2) is 5.88 Å². The fourth-order valence-corrected chi connectivity index (χ4v) is 5.61. The molecule has 0 spiro atoms. The Hall–Kier alpha value is -3.46. The van der Waals surface area contributed by atoms with Crippen LogP contribution in [0.4, 0.5) is 5.69 Å². The molecule has 4 rings (SSSR count). The normalized spacial score (nSPS) is 12.8. The molecule has 8 heteroatoms. The highest BCUT2D eigenvalue weighted by Gasteiger charge is 2.24. The van der Waals surface area contributed by atoms with Crippen LogP contribution in [0.1, 0.15) is 50.3 Å². The zero-order valence-electron chi connectivity index (χ0n) is 23.3. The number of nitrogens with zero attached hydrogens (tertiary/aromatic N) is 3. The minimum absolute atomic E-state index is 0.0586. The van der Waals surface area contributed by atoms with Gasteiger partial charge in [0.05, 0.1) is 21.9 Å². The highest BCUT2D eigenvalue weighted by atomic mass is 32.2. The molecule has 1 heterocycles. The molecule has 2 N–H and O–H groups in total. The summed E-state index contributed by atoms with van der Waals surface area (Å²) in [7, 11) is 0.0122. The first-order valence-electron chi connectivity index (χ1n) is 13.4. The Kier molecular flexibility index (Phi) is 8.90. The van der Waals surface area contributed by atoms with Gasteiger partial charge in [-0.05, 0) is 63.2 Å². The van der Waals surface area contributed by atoms with Crippen LogP contribution in [-0.4, -0.2) is 60.1 Å². The maximum absolute atomic E-state index is 13.3. The standard InChI is InChI=1S/C31H38N4O3S/c1-6-7-19-35(5)39(37,38)26-17-18-28-27(20-26)29(31(36)33-28)30(24-11-9-8-10-12-24)32-25-15-13-23(14-16-25)21-34(4)22(2)3/h8-18,20,22,33,36H,6-7,19,21H2,1-5H3. The molecule has 0 saturated carbocycles. The van der Waals surface area contributed by atoms with E-state index in [1.54, 1.807) is 25.2 Å². The first kappa shape index (κ1) is 28.5. The monoisotopic (exact) mass is 546 g/mol. The smallest absolute Gasteiger partial charge is 0.242 e.